The number of nitrogens with one attached hydrogen (secondary N) is 2. The summed E-state index contributed by atoms with van der Waals surface area (Å²) in [6.07, 6.45) is 1.07. The van der Waals surface area contributed by atoms with Crippen molar-refractivity contribution in [1.82, 2.24) is 15.1 Å². The highest BCUT2D eigenvalue weighted by Crippen LogP contribution is 2.45. The van der Waals surface area contributed by atoms with E-state index in [1.807, 2.05) is 30.3 Å². The molecule has 2 atom stereocenters. The van der Waals surface area contributed by atoms with E-state index in [9.17, 15) is 19.2 Å². The Morgan fingerprint density at radius 3 is 2.70 bits per heavy atom. The van der Waals surface area contributed by atoms with Crippen LogP contribution in [0.15, 0.2) is 48.5 Å². The third-order valence-electron chi connectivity index (χ3n) is 7.15. The lowest BCUT2D eigenvalue weighted by Gasteiger charge is -2.35. The van der Waals surface area contributed by atoms with Gasteiger partial charge in [-0.25, -0.2) is 9.59 Å². The minimum Gasteiger partial charge on any atom is -0.435 e. The molecule has 2 unspecified atom stereocenters. The number of ether oxygens (including phenoxy) is 2. The molecule has 2 aliphatic heterocycles. The Morgan fingerprint density at radius 2 is 1.97 bits per heavy atom. The highest BCUT2D eigenvalue weighted by molar-refractivity contribution is 6.04. The van der Waals surface area contributed by atoms with Crippen LogP contribution >= 0.6 is 0 Å². The van der Waals surface area contributed by atoms with E-state index in [-0.39, 0.29) is 37.2 Å². The molecule has 1 spiro atoms. The minimum atomic E-state index is -1.15. The number of carbonyl (C=O) groups excluding carboxylic acids is 4. The van der Waals surface area contributed by atoms with E-state index in [4.69, 9.17) is 9.47 Å². The van der Waals surface area contributed by atoms with Crippen LogP contribution in [0.5, 0.6) is 0 Å². The number of hydrogen-bond acceptors (Lipinski definition) is 6. The first-order chi connectivity index (χ1) is 17.9. The first kappa shape index (κ1) is 24.8. The second kappa shape index (κ2) is 10.2. The second-order valence-electron chi connectivity index (χ2n) is 9.66. The van der Waals surface area contributed by atoms with Crippen molar-refractivity contribution >= 4 is 29.5 Å². The van der Waals surface area contributed by atoms with Crippen molar-refractivity contribution in [1.29, 1.82) is 0 Å². The van der Waals surface area contributed by atoms with E-state index in [1.165, 1.54) is 11.9 Å². The van der Waals surface area contributed by atoms with Crippen molar-refractivity contribution in [3.8, 4) is 0 Å². The van der Waals surface area contributed by atoms with Crippen LogP contribution in [0.3, 0.4) is 0 Å². The number of benzene rings is 2. The number of ketones is 1. The van der Waals surface area contributed by atoms with Crippen LogP contribution in [0.25, 0.3) is 0 Å². The molecular weight excluding hydrogens is 476 g/mol. The Labute approximate surface area is 214 Å². The quantitative estimate of drug-likeness (QED) is 0.622. The van der Waals surface area contributed by atoms with Crippen molar-refractivity contribution in [3.05, 3.63) is 65.2 Å². The third-order valence-corrected chi connectivity index (χ3v) is 7.15. The summed E-state index contributed by atoms with van der Waals surface area (Å²) < 4.78 is 11.4. The molecule has 0 aromatic heterocycles. The fourth-order valence-corrected chi connectivity index (χ4v) is 5.31. The molecule has 4 amide bonds. The molecular formula is C27H30N4O6. The summed E-state index contributed by atoms with van der Waals surface area (Å²) in [6.45, 7) is 1.51. The first-order valence-corrected chi connectivity index (χ1v) is 12.4. The zero-order valence-corrected chi connectivity index (χ0v) is 20.7. The van der Waals surface area contributed by atoms with E-state index < -0.39 is 17.7 Å². The van der Waals surface area contributed by atoms with Crippen LogP contribution in [0, 0.1) is 0 Å². The molecule has 0 bridgehead atoms. The molecule has 5 rings (SSSR count). The van der Waals surface area contributed by atoms with Gasteiger partial charge in [0.05, 0.1) is 25.6 Å². The maximum Gasteiger partial charge on any atom is 0.411 e. The standard InChI is InChI=1S/C27H30N4O6/c1-28-25(34)29-19-9-10-22-21(12-19)23(32)13-27(22)17-30(26(35)37-27)15-24(33)31(20-8-5-11-36-16-20)14-18-6-3-2-4-7-18/h2-4,6-7,9-10,12,20H,5,8,11,13-17H2,1H3,(H2,28,29,34). The molecule has 0 radical (unpaired) electrons. The van der Waals surface area contributed by atoms with Gasteiger partial charge < -0.3 is 25.0 Å². The Kier molecular flexibility index (Phi) is 6.84. The summed E-state index contributed by atoms with van der Waals surface area (Å²) in [5.74, 6) is -0.371. The fraction of sp³-hybridized carbons (Fsp3) is 0.407. The summed E-state index contributed by atoms with van der Waals surface area (Å²) in [6, 6.07) is 14.2. The van der Waals surface area contributed by atoms with Crippen LogP contribution < -0.4 is 10.6 Å². The zero-order chi connectivity index (χ0) is 26.0. The maximum atomic E-state index is 13.5. The fourth-order valence-electron chi connectivity index (χ4n) is 5.31. The van der Waals surface area contributed by atoms with Gasteiger partial charge >= 0.3 is 12.1 Å². The Bertz CT molecular complexity index is 1210. The van der Waals surface area contributed by atoms with E-state index in [0.717, 1.165) is 18.4 Å². The molecule has 1 aliphatic carbocycles. The number of anilines is 1. The molecule has 0 saturated carbocycles. The van der Waals surface area contributed by atoms with Gasteiger partial charge in [-0.05, 0) is 30.5 Å². The average Bonchev–Trinajstić information content (AvgIpc) is 3.36. The monoisotopic (exact) mass is 506 g/mol. The molecule has 194 valence electrons. The molecule has 3 aliphatic rings. The predicted molar refractivity (Wildman–Crippen MR) is 134 cm³/mol. The Hall–Kier alpha value is -3.92. The average molecular weight is 507 g/mol. The normalized spacial score (nSPS) is 22.5. The molecule has 37 heavy (non-hydrogen) atoms. The smallest absolute Gasteiger partial charge is 0.411 e. The van der Waals surface area contributed by atoms with Gasteiger partial charge in [0.1, 0.15) is 6.54 Å². The van der Waals surface area contributed by atoms with Gasteiger partial charge in [0.25, 0.3) is 0 Å². The van der Waals surface area contributed by atoms with Crippen molar-refractivity contribution in [2.24, 2.45) is 0 Å². The van der Waals surface area contributed by atoms with Gasteiger partial charge in [-0.3, -0.25) is 14.5 Å². The van der Waals surface area contributed by atoms with Crippen molar-refractivity contribution in [3.63, 3.8) is 0 Å². The van der Waals surface area contributed by atoms with E-state index in [0.29, 0.717) is 36.6 Å². The molecule has 2 N–H and O–H groups in total. The van der Waals surface area contributed by atoms with Crippen molar-refractivity contribution in [2.75, 3.05) is 38.7 Å². The predicted octanol–water partition coefficient (Wildman–Crippen LogP) is 2.88. The number of nitrogens with zero attached hydrogens (tertiary/aromatic N) is 2. The Morgan fingerprint density at radius 1 is 1.16 bits per heavy atom. The highest BCUT2D eigenvalue weighted by Gasteiger charge is 2.54. The van der Waals surface area contributed by atoms with Gasteiger partial charge in [-0.1, -0.05) is 36.4 Å². The number of Topliss-reactive ketones (excluding diaryl/α,β-unsaturated/α-hetero) is 1. The maximum absolute atomic E-state index is 13.5. The van der Waals surface area contributed by atoms with Crippen LogP contribution in [-0.4, -0.2) is 73.0 Å². The van der Waals surface area contributed by atoms with Gasteiger partial charge in [0.15, 0.2) is 11.4 Å². The van der Waals surface area contributed by atoms with Gasteiger partial charge in [-0.15, -0.1) is 0 Å². The number of carbonyl (C=O) groups is 4. The van der Waals surface area contributed by atoms with Crippen LogP contribution in [0.1, 0.15) is 40.7 Å². The van der Waals surface area contributed by atoms with Crippen molar-refractivity contribution < 1.29 is 28.7 Å². The third kappa shape index (κ3) is 5.01. The molecule has 2 saturated heterocycles. The molecule has 10 nitrogen and oxygen atoms in total. The molecule has 10 heteroatoms. The summed E-state index contributed by atoms with van der Waals surface area (Å²) in [5.41, 5.74) is 1.31. The number of rotatable bonds is 6. The van der Waals surface area contributed by atoms with E-state index in [2.05, 4.69) is 10.6 Å². The first-order valence-electron chi connectivity index (χ1n) is 12.4. The van der Waals surface area contributed by atoms with E-state index >= 15 is 0 Å². The summed E-state index contributed by atoms with van der Waals surface area (Å²) in [4.78, 5) is 54.2. The lowest BCUT2D eigenvalue weighted by Crippen LogP contribution is -2.48. The summed E-state index contributed by atoms with van der Waals surface area (Å²) in [7, 11) is 1.50. The Balaban J connectivity index is 1.33. The lowest BCUT2D eigenvalue weighted by atomic mass is 9.95. The second-order valence-corrected chi connectivity index (χ2v) is 9.66. The number of urea groups is 1. The summed E-state index contributed by atoms with van der Waals surface area (Å²) in [5, 5.41) is 5.11. The number of amides is 4. The topological polar surface area (TPSA) is 117 Å². The minimum absolute atomic E-state index is 0.00755. The zero-order valence-electron chi connectivity index (χ0n) is 20.7. The molecule has 2 heterocycles. The van der Waals surface area contributed by atoms with Crippen LogP contribution in [-0.2, 0) is 26.4 Å². The van der Waals surface area contributed by atoms with Gasteiger partial charge in [0.2, 0.25) is 5.91 Å². The molecule has 2 aromatic carbocycles. The van der Waals surface area contributed by atoms with E-state index in [1.54, 1.807) is 23.1 Å². The van der Waals surface area contributed by atoms with Gasteiger partial charge in [0, 0.05) is 37.0 Å². The molecule has 2 aromatic rings. The van der Waals surface area contributed by atoms with Gasteiger partial charge in [-0.2, -0.15) is 0 Å². The number of fused-ring (bicyclic) bond motifs is 2. The SMILES string of the molecule is CNC(=O)Nc1ccc2c(c1)C(=O)CC21CN(CC(=O)N(Cc2ccccc2)C2CCCOC2)C(=O)O1. The largest absolute Gasteiger partial charge is 0.435 e. The van der Waals surface area contributed by atoms with Crippen molar-refractivity contribution in [2.45, 2.75) is 37.5 Å². The summed E-state index contributed by atoms with van der Waals surface area (Å²) >= 11 is 0. The highest BCUT2D eigenvalue weighted by atomic mass is 16.6. The van der Waals surface area contributed by atoms with Crippen LogP contribution in [0.4, 0.5) is 15.3 Å². The number of hydrogen-bond donors (Lipinski definition) is 2. The molecule has 2 fully saturated rings. The van der Waals surface area contributed by atoms with Crippen LogP contribution in [0.2, 0.25) is 0 Å². The lowest BCUT2D eigenvalue weighted by molar-refractivity contribution is -0.137.